The molecule has 29 heavy (non-hydrogen) atoms. The molecular formula is C23H25NO4S. The largest absolute Gasteiger partial charge is 0.462 e. The second kappa shape index (κ2) is 10.8. The minimum absolute atomic E-state index is 0.0116. The molecule has 3 atom stereocenters. The summed E-state index contributed by atoms with van der Waals surface area (Å²) in [5, 5.41) is 3.67. The van der Waals surface area contributed by atoms with Crippen LogP contribution >= 0.6 is 11.8 Å². The van der Waals surface area contributed by atoms with Crippen LogP contribution in [0.25, 0.3) is 0 Å². The Labute approximate surface area is 175 Å². The summed E-state index contributed by atoms with van der Waals surface area (Å²) in [5.41, 5.74) is 1.09. The van der Waals surface area contributed by atoms with Crippen molar-refractivity contribution in [2.75, 3.05) is 19.4 Å². The molecule has 0 saturated heterocycles. The molecule has 0 radical (unpaired) electrons. The molecule has 152 valence electrons. The van der Waals surface area contributed by atoms with Gasteiger partial charge in [0.1, 0.15) is 6.10 Å². The number of carbonyl (C=O) groups is 2. The van der Waals surface area contributed by atoms with E-state index >= 15 is 0 Å². The number of nitrogens with one attached hydrogen (secondary N) is 1. The van der Waals surface area contributed by atoms with Gasteiger partial charge in [0.25, 0.3) is 0 Å². The fraction of sp³-hybridized carbons (Fsp3) is 0.304. The molecule has 1 aliphatic carbocycles. The molecule has 0 spiro atoms. The zero-order valence-electron chi connectivity index (χ0n) is 16.3. The topological polar surface area (TPSA) is 64.6 Å². The number of ether oxygens (including phenoxy) is 2. The van der Waals surface area contributed by atoms with Gasteiger partial charge in [-0.15, -0.1) is 0 Å². The third kappa shape index (κ3) is 5.95. The molecule has 0 heterocycles. The Bertz CT molecular complexity index is 825. The van der Waals surface area contributed by atoms with Gasteiger partial charge in [-0.25, -0.2) is 9.59 Å². The SMILES string of the molecule is CS[C@H]1C=C[C@@H](OC(=O)c2ccccc2)[C@@H]1NCCCOC(=O)c1ccccc1. The van der Waals surface area contributed by atoms with Crippen LogP contribution in [0.4, 0.5) is 0 Å². The Morgan fingerprint density at radius 1 is 0.931 bits per heavy atom. The molecule has 1 aliphatic rings. The van der Waals surface area contributed by atoms with Crippen LogP contribution < -0.4 is 5.32 Å². The van der Waals surface area contributed by atoms with Gasteiger partial charge in [-0.2, -0.15) is 11.8 Å². The third-order valence-corrected chi connectivity index (χ3v) is 5.66. The Hall–Kier alpha value is -2.57. The van der Waals surface area contributed by atoms with E-state index in [1.165, 1.54) is 0 Å². The van der Waals surface area contributed by atoms with E-state index in [-0.39, 0.29) is 29.3 Å². The Morgan fingerprint density at radius 2 is 1.55 bits per heavy atom. The summed E-state index contributed by atoms with van der Waals surface area (Å²) in [6.45, 7) is 0.990. The second-order valence-electron chi connectivity index (χ2n) is 6.66. The number of thioether (sulfide) groups is 1. The molecule has 0 aliphatic heterocycles. The summed E-state index contributed by atoms with van der Waals surface area (Å²) >= 11 is 1.71. The van der Waals surface area contributed by atoms with E-state index in [4.69, 9.17) is 9.47 Å². The van der Waals surface area contributed by atoms with Crippen molar-refractivity contribution in [1.29, 1.82) is 0 Å². The van der Waals surface area contributed by atoms with Gasteiger partial charge in [0.15, 0.2) is 0 Å². The Kier molecular flexibility index (Phi) is 7.90. The highest BCUT2D eigenvalue weighted by atomic mass is 32.2. The van der Waals surface area contributed by atoms with Crippen molar-refractivity contribution in [1.82, 2.24) is 5.32 Å². The number of carbonyl (C=O) groups excluding carboxylic acids is 2. The highest BCUT2D eigenvalue weighted by Crippen LogP contribution is 2.25. The van der Waals surface area contributed by atoms with Crippen molar-refractivity contribution >= 4 is 23.7 Å². The maximum Gasteiger partial charge on any atom is 0.338 e. The van der Waals surface area contributed by atoms with Crippen LogP contribution in [0.2, 0.25) is 0 Å². The highest BCUT2D eigenvalue weighted by molar-refractivity contribution is 7.99. The van der Waals surface area contributed by atoms with Gasteiger partial charge in [-0.3, -0.25) is 0 Å². The van der Waals surface area contributed by atoms with Crippen LogP contribution in [0.5, 0.6) is 0 Å². The maximum absolute atomic E-state index is 12.4. The molecule has 3 rings (SSSR count). The van der Waals surface area contributed by atoms with Crippen molar-refractivity contribution < 1.29 is 19.1 Å². The lowest BCUT2D eigenvalue weighted by Crippen LogP contribution is -2.45. The average Bonchev–Trinajstić information content (AvgIpc) is 3.16. The molecule has 0 fully saturated rings. The quantitative estimate of drug-likeness (QED) is 0.385. The Morgan fingerprint density at radius 3 is 2.17 bits per heavy atom. The average molecular weight is 412 g/mol. The summed E-state index contributed by atoms with van der Waals surface area (Å²) in [6, 6.07) is 17.9. The molecule has 2 aromatic rings. The molecule has 0 amide bonds. The van der Waals surface area contributed by atoms with Crippen molar-refractivity contribution in [3.63, 3.8) is 0 Å². The predicted molar refractivity (Wildman–Crippen MR) is 115 cm³/mol. The van der Waals surface area contributed by atoms with Crippen LogP contribution in [0, 0.1) is 0 Å². The molecule has 0 bridgehead atoms. The van der Waals surface area contributed by atoms with Crippen molar-refractivity contribution in [3.05, 3.63) is 83.9 Å². The number of rotatable bonds is 9. The van der Waals surface area contributed by atoms with Gasteiger partial charge in [0.2, 0.25) is 0 Å². The lowest BCUT2D eigenvalue weighted by Gasteiger charge is -2.25. The fourth-order valence-corrected chi connectivity index (χ4v) is 3.94. The lowest BCUT2D eigenvalue weighted by atomic mass is 10.1. The molecular weight excluding hydrogens is 386 g/mol. The van der Waals surface area contributed by atoms with Crippen molar-refractivity contribution in [3.8, 4) is 0 Å². The third-order valence-electron chi connectivity index (χ3n) is 4.67. The monoisotopic (exact) mass is 411 g/mol. The number of hydrogen-bond acceptors (Lipinski definition) is 6. The molecule has 0 unspecified atom stereocenters. The van der Waals surface area contributed by atoms with Crippen molar-refractivity contribution in [2.24, 2.45) is 0 Å². The van der Waals surface area contributed by atoms with Crippen LogP contribution in [0.3, 0.4) is 0 Å². The molecule has 5 nitrogen and oxygen atoms in total. The minimum atomic E-state index is -0.328. The molecule has 1 N–H and O–H groups in total. The summed E-state index contributed by atoms with van der Waals surface area (Å²) in [6.07, 6.45) is 6.39. The molecule has 0 saturated carbocycles. The molecule has 2 aromatic carbocycles. The van der Waals surface area contributed by atoms with E-state index in [1.54, 1.807) is 36.0 Å². The molecule has 6 heteroatoms. The van der Waals surface area contributed by atoms with Gasteiger partial charge < -0.3 is 14.8 Å². The van der Waals surface area contributed by atoms with E-state index < -0.39 is 0 Å². The maximum atomic E-state index is 12.4. The van der Waals surface area contributed by atoms with Gasteiger partial charge in [-0.05, 0) is 49.6 Å². The first-order chi connectivity index (χ1) is 14.2. The fourth-order valence-electron chi connectivity index (χ4n) is 3.14. The van der Waals surface area contributed by atoms with Gasteiger partial charge in [0, 0.05) is 5.25 Å². The second-order valence-corrected chi connectivity index (χ2v) is 7.67. The highest BCUT2D eigenvalue weighted by Gasteiger charge is 2.33. The standard InChI is InChI=1S/C23H25NO4S/c1-29-20-14-13-19(28-23(26)18-11-6-3-7-12-18)21(20)24-15-8-16-27-22(25)17-9-4-2-5-10-17/h2-7,9-14,19-21,24H,8,15-16H2,1H3/t19-,20+,21+/m1/s1. The van der Waals surface area contributed by atoms with Crippen LogP contribution in [-0.2, 0) is 9.47 Å². The summed E-state index contributed by atoms with van der Waals surface area (Å²) in [7, 11) is 0. The van der Waals surface area contributed by atoms with Crippen molar-refractivity contribution in [2.45, 2.75) is 23.8 Å². The van der Waals surface area contributed by atoms with E-state index in [0.29, 0.717) is 30.7 Å². The lowest BCUT2D eigenvalue weighted by molar-refractivity contribution is 0.0337. The summed E-state index contributed by atoms with van der Waals surface area (Å²) < 4.78 is 11.0. The molecule has 0 aromatic heterocycles. The van der Waals surface area contributed by atoms with Crippen LogP contribution in [-0.4, -0.2) is 48.7 Å². The smallest absolute Gasteiger partial charge is 0.338 e. The first-order valence-corrected chi connectivity index (χ1v) is 10.9. The van der Waals surface area contributed by atoms with E-state index in [9.17, 15) is 9.59 Å². The van der Waals surface area contributed by atoms with Gasteiger partial charge >= 0.3 is 11.9 Å². The van der Waals surface area contributed by atoms with Gasteiger partial charge in [-0.1, -0.05) is 42.5 Å². The first-order valence-electron chi connectivity index (χ1n) is 9.62. The van der Waals surface area contributed by atoms with E-state index in [0.717, 1.165) is 0 Å². The number of hydrogen-bond donors (Lipinski definition) is 1. The number of esters is 2. The summed E-state index contributed by atoms with van der Waals surface area (Å²) in [4.78, 5) is 24.3. The zero-order valence-corrected chi connectivity index (χ0v) is 17.1. The number of benzene rings is 2. The van der Waals surface area contributed by atoms with Crippen LogP contribution in [0.15, 0.2) is 72.8 Å². The van der Waals surface area contributed by atoms with E-state index in [1.807, 2.05) is 48.7 Å². The van der Waals surface area contributed by atoms with Gasteiger partial charge in [0.05, 0.1) is 23.8 Å². The van der Waals surface area contributed by atoms with E-state index in [2.05, 4.69) is 11.4 Å². The first kappa shape index (κ1) is 21.1. The minimum Gasteiger partial charge on any atom is -0.462 e. The Balaban J connectivity index is 1.45. The summed E-state index contributed by atoms with van der Waals surface area (Å²) in [5.74, 6) is -0.643. The van der Waals surface area contributed by atoms with Crippen LogP contribution in [0.1, 0.15) is 27.1 Å². The predicted octanol–water partition coefficient (Wildman–Crippen LogP) is 3.72. The normalized spacial score (nSPS) is 20.4. The zero-order chi connectivity index (χ0) is 20.5.